The van der Waals surface area contributed by atoms with Crippen LogP contribution in [0.3, 0.4) is 0 Å². The molecule has 1 unspecified atom stereocenters. The first-order valence-electron chi connectivity index (χ1n) is 13.9. The van der Waals surface area contributed by atoms with Gasteiger partial charge in [-0.1, -0.05) is 12.1 Å². The Kier molecular flexibility index (Phi) is 8.73. The number of anilines is 1. The number of carboxylic acid groups (broad SMARTS) is 1. The Morgan fingerprint density at radius 3 is 2.92 bits per heavy atom. The molecule has 2 saturated heterocycles. The van der Waals surface area contributed by atoms with Gasteiger partial charge in [0.05, 0.1) is 12.2 Å². The van der Waals surface area contributed by atoms with Crippen molar-refractivity contribution in [2.24, 2.45) is 0 Å². The average molecular weight is 548 g/mol. The van der Waals surface area contributed by atoms with Crippen molar-refractivity contribution < 1.29 is 32.5 Å². The summed E-state index contributed by atoms with van der Waals surface area (Å²) in [6, 6.07) is 7.03. The fourth-order valence-corrected chi connectivity index (χ4v) is 5.82. The number of fused-ring (bicyclic) bond motifs is 1. The van der Waals surface area contributed by atoms with Crippen molar-refractivity contribution >= 4 is 11.8 Å². The normalized spacial score (nSPS) is 23.7. The highest BCUT2D eigenvalue weighted by Crippen LogP contribution is 2.40. The summed E-state index contributed by atoms with van der Waals surface area (Å²) in [6.45, 7) is 1.67. The second-order valence-corrected chi connectivity index (χ2v) is 10.8. The highest BCUT2D eigenvalue weighted by molar-refractivity contribution is 5.76. The van der Waals surface area contributed by atoms with Crippen LogP contribution in [-0.4, -0.2) is 65.8 Å². The Bertz CT molecular complexity index is 1150. The second kappa shape index (κ2) is 12.2. The zero-order chi connectivity index (χ0) is 27.4. The van der Waals surface area contributed by atoms with Gasteiger partial charge in [-0.05, 0) is 79.8 Å². The number of nitrogens with one attached hydrogen (secondary N) is 1. The predicted molar refractivity (Wildman–Crippen MR) is 140 cm³/mol. The zero-order valence-electron chi connectivity index (χ0n) is 22.0. The molecule has 3 aliphatic rings. The molecule has 0 saturated carbocycles. The van der Waals surface area contributed by atoms with E-state index in [1.807, 2.05) is 0 Å². The summed E-state index contributed by atoms with van der Waals surface area (Å²) in [7, 11) is 0. The van der Waals surface area contributed by atoms with Crippen molar-refractivity contribution in [1.82, 2.24) is 9.88 Å². The minimum atomic E-state index is -2.91. The lowest BCUT2D eigenvalue weighted by molar-refractivity contribution is -0.147. The number of nitrogens with zero attached hydrogens (tertiary/aromatic N) is 2. The number of likely N-dealkylation sites (tertiary alicyclic amines) is 1. The highest BCUT2D eigenvalue weighted by atomic mass is 19.3. The van der Waals surface area contributed by atoms with Crippen molar-refractivity contribution in [1.29, 1.82) is 0 Å². The second-order valence-electron chi connectivity index (χ2n) is 10.8. The van der Waals surface area contributed by atoms with E-state index in [1.165, 1.54) is 23.8 Å². The summed E-state index contributed by atoms with van der Waals surface area (Å²) in [4.78, 5) is 18.9. The van der Waals surface area contributed by atoms with E-state index < -0.39 is 36.5 Å². The number of benzene rings is 1. The smallest absolute Gasteiger partial charge is 0.325 e. The van der Waals surface area contributed by atoms with Gasteiger partial charge in [-0.15, -0.1) is 0 Å². The van der Waals surface area contributed by atoms with Crippen LogP contribution in [0.15, 0.2) is 30.3 Å². The molecule has 212 valence electrons. The fraction of sp³-hybridized carbons (Fsp3) is 0.586. The van der Waals surface area contributed by atoms with Crippen LogP contribution in [-0.2, 0) is 27.1 Å². The van der Waals surface area contributed by atoms with Crippen LogP contribution in [0.1, 0.15) is 73.1 Å². The Balaban J connectivity index is 1.14. The quantitative estimate of drug-likeness (QED) is 0.391. The van der Waals surface area contributed by atoms with E-state index in [-0.39, 0.29) is 24.5 Å². The maximum Gasteiger partial charge on any atom is 0.325 e. The van der Waals surface area contributed by atoms with Crippen molar-refractivity contribution in [2.75, 3.05) is 38.2 Å². The van der Waals surface area contributed by atoms with Crippen LogP contribution in [0.2, 0.25) is 0 Å². The predicted octanol–water partition coefficient (Wildman–Crippen LogP) is 5.31. The lowest BCUT2D eigenvalue weighted by atomic mass is 9.91. The first-order valence-corrected chi connectivity index (χ1v) is 13.9. The average Bonchev–Trinajstić information content (AvgIpc) is 3.37. The number of hydrogen-bond donors (Lipinski definition) is 2. The summed E-state index contributed by atoms with van der Waals surface area (Å²) in [5.41, 5.74) is 3.05. The van der Waals surface area contributed by atoms with Crippen LogP contribution in [0.5, 0.6) is 0 Å². The van der Waals surface area contributed by atoms with Gasteiger partial charge in [0.1, 0.15) is 24.3 Å². The van der Waals surface area contributed by atoms with Gasteiger partial charge >= 0.3 is 5.97 Å². The number of hydrogen-bond acceptors (Lipinski definition) is 6. The molecule has 2 N–H and O–H groups in total. The Morgan fingerprint density at radius 2 is 2.13 bits per heavy atom. The SMILES string of the molecule is O=C(O)[C@H](c1cc(F)ccc1C1CCC(F)(F)CO1)N1CC[C@@H](OCCCCc2ccc3c(n2)NCCC3)C1. The van der Waals surface area contributed by atoms with E-state index >= 15 is 0 Å². The van der Waals surface area contributed by atoms with Crippen molar-refractivity contribution in [3.05, 3.63) is 58.5 Å². The van der Waals surface area contributed by atoms with Gasteiger partial charge in [0, 0.05) is 38.4 Å². The number of pyridine rings is 1. The summed E-state index contributed by atoms with van der Waals surface area (Å²) < 4.78 is 53.0. The summed E-state index contributed by atoms with van der Waals surface area (Å²) in [6.07, 6.45) is 4.40. The number of carbonyl (C=O) groups is 1. The van der Waals surface area contributed by atoms with Gasteiger partial charge in [0.15, 0.2) is 0 Å². The number of aryl methyl sites for hydroxylation is 2. The van der Waals surface area contributed by atoms with Crippen LogP contribution < -0.4 is 5.32 Å². The van der Waals surface area contributed by atoms with Crippen LogP contribution in [0.4, 0.5) is 19.0 Å². The molecule has 1 aromatic carbocycles. The lowest BCUT2D eigenvalue weighted by Gasteiger charge is -2.32. The minimum Gasteiger partial charge on any atom is -0.480 e. The van der Waals surface area contributed by atoms with Gasteiger partial charge in [-0.3, -0.25) is 9.69 Å². The Hall–Kier alpha value is -2.69. The van der Waals surface area contributed by atoms with Gasteiger partial charge in [0.25, 0.3) is 5.92 Å². The van der Waals surface area contributed by atoms with Crippen LogP contribution in [0.25, 0.3) is 0 Å². The first kappa shape index (κ1) is 27.9. The molecule has 5 rings (SSSR count). The van der Waals surface area contributed by atoms with Crippen LogP contribution in [0, 0.1) is 5.82 Å². The monoisotopic (exact) mass is 547 g/mol. The lowest BCUT2D eigenvalue weighted by Crippen LogP contribution is -2.36. The molecule has 0 bridgehead atoms. The van der Waals surface area contributed by atoms with E-state index in [0.717, 1.165) is 50.2 Å². The molecule has 4 heterocycles. The molecule has 2 aromatic rings. The Morgan fingerprint density at radius 1 is 1.26 bits per heavy atom. The molecule has 3 aliphatic heterocycles. The Labute approximate surface area is 226 Å². The number of halogens is 3. The molecule has 0 spiro atoms. The number of unbranched alkanes of at least 4 members (excludes halogenated alkanes) is 1. The molecule has 39 heavy (non-hydrogen) atoms. The molecular weight excluding hydrogens is 511 g/mol. The molecule has 1 aromatic heterocycles. The largest absolute Gasteiger partial charge is 0.480 e. The number of aromatic nitrogens is 1. The zero-order valence-corrected chi connectivity index (χ0v) is 22.0. The molecular formula is C29H36F3N3O4. The third kappa shape index (κ3) is 6.91. The van der Waals surface area contributed by atoms with Crippen molar-refractivity contribution in [2.45, 2.75) is 75.5 Å². The first-order chi connectivity index (χ1) is 18.8. The van der Waals surface area contributed by atoms with E-state index in [0.29, 0.717) is 31.7 Å². The molecule has 0 radical (unpaired) electrons. The van der Waals surface area contributed by atoms with E-state index in [9.17, 15) is 23.1 Å². The van der Waals surface area contributed by atoms with Crippen molar-refractivity contribution in [3.63, 3.8) is 0 Å². The van der Waals surface area contributed by atoms with Gasteiger partial charge in [-0.2, -0.15) is 0 Å². The number of alkyl halides is 2. The maximum absolute atomic E-state index is 14.3. The molecule has 0 aliphatic carbocycles. The summed E-state index contributed by atoms with van der Waals surface area (Å²) in [5, 5.41) is 13.5. The molecule has 3 atom stereocenters. The fourth-order valence-electron chi connectivity index (χ4n) is 5.82. The summed E-state index contributed by atoms with van der Waals surface area (Å²) in [5.74, 6) is -3.59. The van der Waals surface area contributed by atoms with Crippen LogP contribution >= 0.6 is 0 Å². The molecule has 7 nitrogen and oxygen atoms in total. The van der Waals surface area contributed by atoms with Crippen molar-refractivity contribution in [3.8, 4) is 0 Å². The van der Waals surface area contributed by atoms with E-state index in [1.54, 1.807) is 4.90 Å². The summed E-state index contributed by atoms with van der Waals surface area (Å²) >= 11 is 0. The van der Waals surface area contributed by atoms with Gasteiger partial charge < -0.3 is 19.9 Å². The standard InChI is InChI=1S/C29H36F3N3O4/c30-20-7-9-23(25-10-12-29(31,32)18-39-25)24(16-20)26(28(36)37)35-14-11-22(17-35)38-15-2-1-5-21-8-6-19-4-3-13-33-27(19)34-21/h6-9,16,22,25-26H,1-5,10-15,17-18H2,(H,33,34)(H,36,37)/t22-,25?,26+/m1/s1. The van der Waals surface area contributed by atoms with E-state index in [4.69, 9.17) is 14.5 Å². The molecule has 2 fully saturated rings. The minimum absolute atomic E-state index is 0.0429. The third-order valence-corrected chi connectivity index (χ3v) is 7.87. The highest BCUT2D eigenvalue weighted by Gasteiger charge is 2.40. The van der Waals surface area contributed by atoms with E-state index in [2.05, 4.69) is 17.4 Å². The maximum atomic E-state index is 14.3. The third-order valence-electron chi connectivity index (χ3n) is 7.87. The topological polar surface area (TPSA) is 83.9 Å². The molecule has 10 heteroatoms. The molecule has 0 amide bonds. The number of ether oxygens (including phenoxy) is 2. The van der Waals surface area contributed by atoms with Gasteiger partial charge in [-0.25, -0.2) is 18.2 Å². The van der Waals surface area contributed by atoms with Gasteiger partial charge in [0.2, 0.25) is 0 Å². The number of carboxylic acids is 1. The number of aliphatic carboxylic acids is 1. The number of rotatable bonds is 10.